The van der Waals surface area contributed by atoms with E-state index in [4.69, 9.17) is 0 Å². The number of hydrogen-bond acceptors (Lipinski definition) is 4. The first kappa shape index (κ1) is 21.3. The number of rotatable bonds is 6. The Hall–Kier alpha value is -2.97. The standard InChI is InChI=1S/C23H23N3O3S2/c27-23(26-16-6-7-17-26)24-18-12-14-20(15-13-18)31(28,29)25-21-10-4-5-11-22(21)30-19-8-2-1-3-9-19/h1-5,8-15,25H,6-7,16-17H2,(H,24,27). The van der Waals surface area contributed by atoms with Crippen molar-refractivity contribution in [3.63, 3.8) is 0 Å². The number of para-hydroxylation sites is 1. The number of carbonyl (C=O) groups is 1. The zero-order chi connectivity index (χ0) is 21.7. The van der Waals surface area contributed by atoms with Crippen molar-refractivity contribution in [3.05, 3.63) is 78.9 Å². The van der Waals surface area contributed by atoms with Crippen LogP contribution in [0.4, 0.5) is 16.2 Å². The summed E-state index contributed by atoms with van der Waals surface area (Å²) in [7, 11) is -3.78. The second kappa shape index (κ2) is 9.45. The highest BCUT2D eigenvalue weighted by Gasteiger charge is 2.19. The number of urea groups is 1. The van der Waals surface area contributed by atoms with Crippen LogP contribution in [0.3, 0.4) is 0 Å². The number of sulfonamides is 1. The maximum atomic E-state index is 12.9. The average molecular weight is 454 g/mol. The van der Waals surface area contributed by atoms with E-state index in [0.29, 0.717) is 11.4 Å². The third-order valence-corrected chi connectivity index (χ3v) is 7.38. The normalized spacial score (nSPS) is 13.7. The van der Waals surface area contributed by atoms with Crippen molar-refractivity contribution in [2.45, 2.75) is 27.5 Å². The van der Waals surface area contributed by atoms with Gasteiger partial charge in [0.05, 0.1) is 10.6 Å². The molecule has 4 rings (SSSR count). The minimum Gasteiger partial charge on any atom is -0.325 e. The van der Waals surface area contributed by atoms with E-state index in [1.54, 1.807) is 29.2 Å². The minimum atomic E-state index is -3.78. The van der Waals surface area contributed by atoms with Crippen LogP contribution < -0.4 is 10.0 Å². The van der Waals surface area contributed by atoms with E-state index in [2.05, 4.69) is 10.0 Å². The van der Waals surface area contributed by atoms with Gasteiger partial charge in [-0.2, -0.15) is 0 Å². The van der Waals surface area contributed by atoms with Crippen LogP contribution in [0.2, 0.25) is 0 Å². The molecule has 3 aromatic carbocycles. The summed E-state index contributed by atoms with van der Waals surface area (Å²) in [5, 5.41) is 2.82. The predicted molar refractivity (Wildman–Crippen MR) is 124 cm³/mol. The Labute approximate surface area is 186 Å². The second-order valence-corrected chi connectivity index (χ2v) is 9.96. The number of benzene rings is 3. The molecule has 8 heteroatoms. The van der Waals surface area contributed by atoms with Crippen molar-refractivity contribution < 1.29 is 13.2 Å². The van der Waals surface area contributed by atoms with Crippen LogP contribution >= 0.6 is 11.8 Å². The molecule has 1 heterocycles. The van der Waals surface area contributed by atoms with Crippen LogP contribution in [0.15, 0.2) is 93.5 Å². The summed E-state index contributed by atoms with van der Waals surface area (Å²) in [5.74, 6) is 0. The van der Waals surface area contributed by atoms with Gasteiger partial charge in [0.1, 0.15) is 0 Å². The van der Waals surface area contributed by atoms with Gasteiger partial charge >= 0.3 is 6.03 Å². The lowest BCUT2D eigenvalue weighted by Crippen LogP contribution is -2.32. The van der Waals surface area contributed by atoms with E-state index in [-0.39, 0.29) is 10.9 Å². The van der Waals surface area contributed by atoms with Crippen LogP contribution in [0, 0.1) is 0 Å². The van der Waals surface area contributed by atoms with E-state index in [1.807, 2.05) is 42.5 Å². The van der Waals surface area contributed by atoms with Gasteiger partial charge in [0.15, 0.2) is 0 Å². The molecule has 6 nitrogen and oxygen atoms in total. The fraction of sp³-hybridized carbons (Fsp3) is 0.174. The van der Waals surface area contributed by atoms with E-state index >= 15 is 0 Å². The largest absolute Gasteiger partial charge is 0.325 e. The maximum absolute atomic E-state index is 12.9. The fourth-order valence-corrected chi connectivity index (χ4v) is 5.37. The topological polar surface area (TPSA) is 78.5 Å². The van der Waals surface area contributed by atoms with Gasteiger partial charge in [0.25, 0.3) is 10.0 Å². The summed E-state index contributed by atoms with van der Waals surface area (Å²) in [6, 6.07) is 23.1. The highest BCUT2D eigenvalue weighted by atomic mass is 32.2. The maximum Gasteiger partial charge on any atom is 0.321 e. The zero-order valence-electron chi connectivity index (χ0n) is 16.8. The van der Waals surface area contributed by atoms with Crippen molar-refractivity contribution in [3.8, 4) is 0 Å². The number of anilines is 2. The molecule has 1 aliphatic heterocycles. The van der Waals surface area contributed by atoms with E-state index in [0.717, 1.165) is 35.7 Å². The van der Waals surface area contributed by atoms with Gasteiger partial charge in [-0.1, -0.05) is 42.1 Å². The summed E-state index contributed by atoms with van der Waals surface area (Å²) in [6.45, 7) is 1.51. The highest BCUT2D eigenvalue weighted by Crippen LogP contribution is 2.34. The first-order chi connectivity index (χ1) is 15.0. The lowest BCUT2D eigenvalue weighted by molar-refractivity contribution is 0.222. The van der Waals surface area contributed by atoms with E-state index < -0.39 is 10.0 Å². The zero-order valence-corrected chi connectivity index (χ0v) is 18.5. The third kappa shape index (κ3) is 5.39. The van der Waals surface area contributed by atoms with Crippen molar-refractivity contribution in [2.75, 3.05) is 23.1 Å². The van der Waals surface area contributed by atoms with Crippen LogP contribution in [-0.4, -0.2) is 32.4 Å². The summed E-state index contributed by atoms with van der Waals surface area (Å²) in [5.41, 5.74) is 1.08. The monoisotopic (exact) mass is 453 g/mol. The molecule has 3 aromatic rings. The summed E-state index contributed by atoms with van der Waals surface area (Å²) >= 11 is 1.49. The lowest BCUT2D eigenvalue weighted by atomic mass is 10.3. The van der Waals surface area contributed by atoms with Gasteiger partial charge in [-0.3, -0.25) is 4.72 Å². The quantitative estimate of drug-likeness (QED) is 0.533. The summed E-state index contributed by atoms with van der Waals surface area (Å²) in [4.78, 5) is 15.9. The van der Waals surface area contributed by atoms with Gasteiger partial charge in [-0.05, 0) is 61.4 Å². The Morgan fingerprint density at radius 2 is 1.48 bits per heavy atom. The average Bonchev–Trinajstić information content (AvgIpc) is 3.31. The molecule has 160 valence electrons. The molecule has 1 fully saturated rings. The van der Waals surface area contributed by atoms with Crippen molar-refractivity contribution in [1.82, 2.24) is 4.90 Å². The van der Waals surface area contributed by atoms with Crippen molar-refractivity contribution in [2.24, 2.45) is 0 Å². The molecule has 2 N–H and O–H groups in total. The van der Waals surface area contributed by atoms with Crippen molar-refractivity contribution >= 4 is 39.2 Å². The van der Waals surface area contributed by atoms with E-state index in [1.165, 1.54) is 23.9 Å². The molecule has 1 aliphatic rings. The number of amides is 2. The molecule has 0 unspecified atom stereocenters. The Morgan fingerprint density at radius 3 is 2.19 bits per heavy atom. The Kier molecular flexibility index (Phi) is 6.48. The molecular weight excluding hydrogens is 430 g/mol. The fourth-order valence-electron chi connectivity index (χ4n) is 3.30. The Balaban J connectivity index is 1.47. The van der Waals surface area contributed by atoms with Crippen LogP contribution in [-0.2, 0) is 10.0 Å². The third-order valence-electron chi connectivity index (χ3n) is 4.91. The number of nitrogens with one attached hydrogen (secondary N) is 2. The van der Waals surface area contributed by atoms with Gasteiger partial charge in [-0.15, -0.1) is 0 Å². The molecule has 0 spiro atoms. The molecule has 0 aliphatic carbocycles. The molecule has 2 amide bonds. The molecule has 0 saturated carbocycles. The molecule has 0 aromatic heterocycles. The first-order valence-electron chi connectivity index (χ1n) is 10.0. The Bertz CT molecular complexity index is 1140. The number of nitrogens with zero attached hydrogens (tertiary/aromatic N) is 1. The van der Waals surface area contributed by atoms with Gasteiger partial charge < -0.3 is 10.2 Å². The number of carbonyl (C=O) groups excluding carboxylic acids is 1. The lowest BCUT2D eigenvalue weighted by Gasteiger charge is -2.16. The SMILES string of the molecule is O=C(Nc1ccc(S(=O)(=O)Nc2ccccc2Sc2ccccc2)cc1)N1CCCC1. The summed E-state index contributed by atoms with van der Waals surface area (Å²) in [6.07, 6.45) is 2.03. The molecule has 0 bridgehead atoms. The number of likely N-dealkylation sites (tertiary alicyclic amines) is 1. The number of hydrogen-bond donors (Lipinski definition) is 2. The van der Waals surface area contributed by atoms with Gasteiger partial charge in [0, 0.05) is 28.6 Å². The van der Waals surface area contributed by atoms with Gasteiger partial charge in [0.2, 0.25) is 0 Å². The van der Waals surface area contributed by atoms with Crippen LogP contribution in [0.25, 0.3) is 0 Å². The van der Waals surface area contributed by atoms with Gasteiger partial charge in [-0.25, -0.2) is 13.2 Å². The molecular formula is C23H23N3O3S2. The molecule has 0 atom stereocenters. The van der Waals surface area contributed by atoms with Crippen molar-refractivity contribution in [1.29, 1.82) is 0 Å². The van der Waals surface area contributed by atoms with E-state index in [9.17, 15) is 13.2 Å². The molecule has 31 heavy (non-hydrogen) atoms. The highest BCUT2D eigenvalue weighted by molar-refractivity contribution is 7.99. The van der Waals surface area contributed by atoms with Crippen LogP contribution in [0.1, 0.15) is 12.8 Å². The molecule has 0 radical (unpaired) electrons. The van der Waals surface area contributed by atoms with Crippen LogP contribution in [0.5, 0.6) is 0 Å². The first-order valence-corrected chi connectivity index (χ1v) is 12.3. The predicted octanol–water partition coefficient (Wildman–Crippen LogP) is 5.27. The summed E-state index contributed by atoms with van der Waals surface area (Å²) < 4.78 is 28.6. The smallest absolute Gasteiger partial charge is 0.321 e. The molecule has 1 saturated heterocycles. The second-order valence-electron chi connectivity index (χ2n) is 7.17. The minimum absolute atomic E-state index is 0.131. The Morgan fingerprint density at radius 1 is 0.839 bits per heavy atom.